The second-order valence-corrected chi connectivity index (χ2v) is 6.58. The lowest BCUT2D eigenvalue weighted by Gasteiger charge is -2.12. The highest BCUT2D eigenvalue weighted by atomic mass is 16.5. The molecule has 0 bridgehead atoms. The lowest BCUT2D eigenvalue weighted by Crippen LogP contribution is -2.36. The van der Waals surface area contributed by atoms with Gasteiger partial charge >= 0.3 is 0 Å². The van der Waals surface area contributed by atoms with Crippen LogP contribution in [0.4, 0.5) is 0 Å². The quantitative estimate of drug-likeness (QED) is 0.574. The first kappa shape index (κ1) is 20.9. The molecule has 0 aliphatic rings. The van der Waals surface area contributed by atoms with Crippen molar-refractivity contribution in [1.29, 1.82) is 0 Å². The van der Waals surface area contributed by atoms with Crippen LogP contribution in [0.5, 0.6) is 11.5 Å². The van der Waals surface area contributed by atoms with E-state index in [9.17, 15) is 9.59 Å². The second-order valence-electron chi connectivity index (χ2n) is 6.58. The number of carbonyl (C=O) groups excluding carboxylic acids is 2. The Morgan fingerprint density at radius 3 is 2.13 bits per heavy atom. The number of hydrogen-bond donors (Lipinski definition) is 2. The molecule has 0 aromatic heterocycles. The minimum Gasteiger partial charge on any atom is -0.493 e. The fourth-order valence-corrected chi connectivity index (χ4v) is 2.79. The summed E-state index contributed by atoms with van der Waals surface area (Å²) in [5.41, 5.74) is 2.41. The third-order valence-corrected chi connectivity index (χ3v) is 4.40. The Kier molecular flexibility index (Phi) is 7.44. The molecule has 0 radical (unpaired) electrons. The highest BCUT2D eigenvalue weighted by Gasteiger charge is 2.12. The summed E-state index contributed by atoms with van der Waals surface area (Å²) in [6, 6.07) is 24.3. The highest BCUT2D eigenvalue weighted by Crippen LogP contribution is 2.28. The molecule has 0 saturated heterocycles. The van der Waals surface area contributed by atoms with E-state index >= 15 is 0 Å². The smallest absolute Gasteiger partial charge is 0.251 e. The minimum absolute atomic E-state index is 0.111. The first-order valence-corrected chi connectivity index (χ1v) is 9.59. The summed E-state index contributed by atoms with van der Waals surface area (Å²) in [6.45, 7) is 0.696. The average molecular weight is 404 g/mol. The number of carbonyl (C=O) groups is 2. The van der Waals surface area contributed by atoms with Crippen LogP contribution in [-0.4, -0.2) is 25.5 Å². The van der Waals surface area contributed by atoms with Gasteiger partial charge in [-0.15, -0.1) is 0 Å². The molecule has 0 aliphatic carbocycles. The zero-order valence-electron chi connectivity index (χ0n) is 16.8. The summed E-state index contributed by atoms with van der Waals surface area (Å²) in [4.78, 5) is 24.4. The van der Waals surface area contributed by atoms with Crippen LogP contribution in [0.2, 0.25) is 0 Å². The molecule has 0 fully saturated rings. The van der Waals surface area contributed by atoms with Gasteiger partial charge in [0.15, 0.2) is 11.5 Å². The molecular formula is C24H24N2O4. The molecule has 154 valence electrons. The van der Waals surface area contributed by atoms with Crippen LogP contribution >= 0.6 is 0 Å². The van der Waals surface area contributed by atoms with E-state index in [4.69, 9.17) is 9.47 Å². The number of amides is 2. The van der Waals surface area contributed by atoms with Gasteiger partial charge in [-0.1, -0.05) is 60.7 Å². The number of rotatable bonds is 9. The Labute approximate surface area is 175 Å². The molecule has 0 atom stereocenters. The van der Waals surface area contributed by atoms with Crippen molar-refractivity contribution in [2.24, 2.45) is 0 Å². The Hall–Kier alpha value is -3.80. The van der Waals surface area contributed by atoms with E-state index in [0.29, 0.717) is 30.2 Å². The van der Waals surface area contributed by atoms with Crippen molar-refractivity contribution in [2.45, 2.75) is 13.2 Å². The SMILES string of the molecule is COc1cc(C(=O)NCC(=O)NCc2ccccc2)ccc1OCc1ccccc1. The fourth-order valence-electron chi connectivity index (χ4n) is 2.79. The van der Waals surface area contributed by atoms with Crippen molar-refractivity contribution in [2.75, 3.05) is 13.7 Å². The molecular weight excluding hydrogens is 380 g/mol. The molecule has 0 unspecified atom stereocenters. The zero-order chi connectivity index (χ0) is 21.2. The van der Waals surface area contributed by atoms with E-state index < -0.39 is 0 Å². The summed E-state index contributed by atoms with van der Waals surface area (Å²) in [5, 5.41) is 5.39. The fraction of sp³-hybridized carbons (Fsp3) is 0.167. The average Bonchev–Trinajstić information content (AvgIpc) is 2.81. The first-order chi connectivity index (χ1) is 14.7. The van der Waals surface area contributed by atoms with Gasteiger partial charge in [0.25, 0.3) is 5.91 Å². The molecule has 3 rings (SSSR count). The summed E-state index contributed by atoms with van der Waals surface area (Å²) in [6.07, 6.45) is 0. The molecule has 3 aromatic carbocycles. The van der Waals surface area contributed by atoms with E-state index in [1.165, 1.54) is 7.11 Å². The van der Waals surface area contributed by atoms with Crippen LogP contribution in [0.3, 0.4) is 0 Å². The van der Waals surface area contributed by atoms with Crippen LogP contribution in [0, 0.1) is 0 Å². The summed E-state index contributed by atoms with van der Waals surface area (Å²) in [5.74, 6) is 0.366. The number of methoxy groups -OCH3 is 1. The highest BCUT2D eigenvalue weighted by molar-refractivity contribution is 5.97. The lowest BCUT2D eigenvalue weighted by molar-refractivity contribution is -0.120. The van der Waals surface area contributed by atoms with Crippen molar-refractivity contribution in [3.63, 3.8) is 0 Å². The van der Waals surface area contributed by atoms with Gasteiger partial charge in [-0.2, -0.15) is 0 Å². The van der Waals surface area contributed by atoms with E-state index in [1.807, 2.05) is 60.7 Å². The third-order valence-electron chi connectivity index (χ3n) is 4.40. The molecule has 0 spiro atoms. The maximum atomic E-state index is 12.4. The third kappa shape index (κ3) is 6.10. The number of nitrogens with one attached hydrogen (secondary N) is 2. The van der Waals surface area contributed by atoms with Crippen molar-refractivity contribution in [3.05, 3.63) is 95.6 Å². The van der Waals surface area contributed by atoms with Crippen LogP contribution in [0.25, 0.3) is 0 Å². The van der Waals surface area contributed by atoms with Gasteiger partial charge in [-0.3, -0.25) is 9.59 Å². The normalized spacial score (nSPS) is 10.2. The monoisotopic (exact) mass is 404 g/mol. The number of hydrogen-bond acceptors (Lipinski definition) is 4. The predicted molar refractivity (Wildman–Crippen MR) is 114 cm³/mol. The van der Waals surface area contributed by atoms with Crippen molar-refractivity contribution in [1.82, 2.24) is 10.6 Å². The van der Waals surface area contributed by atoms with Crippen molar-refractivity contribution in [3.8, 4) is 11.5 Å². The molecule has 0 aliphatic heterocycles. The van der Waals surface area contributed by atoms with Gasteiger partial charge in [0.05, 0.1) is 13.7 Å². The summed E-state index contributed by atoms with van der Waals surface area (Å²) < 4.78 is 11.2. The molecule has 0 saturated carbocycles. The minimum atomic E-state index is -0.363. The van der Waals surface area contributed by atoms with Crippen LogP contribution in [0.1, 0.15) is 21.5 Å². The Morgan fingerprint density at radius 1 is 0.800 bits per heavy atom. The summed E-state index contributed by atoms with van der Waals surface area (Å²) >= 11 is 0. The predicted octanol–water partition coefficient (Wildman–Crippen LogP) is 3.32. The van der Waals surface area contributed by atoms with Gasteiger partial charge in [0.2, 0.25) is 5.91 Å². The maximum absolute atomic E-state index is 12.4. The van der Waals surface area contributed by atoms with Crippen LogP contribution in [0.15, 0.2) is 78.9 Å². The molecule has 30 heavy (non-hydrogen) atoms. The standard InChI is InChI=1S/C24H24N2O4/c1-29-22-14-20(12-13-21(22)30-17-19-10-6-3-7-11-19)24(28)26-16-23(27)25-15-18-8-4-2-5-9-18/h2-14H,15-17H2,1H3,(H,25,27)(H,26,28). The van der Waals surface area contributed by atoms with Crippen LogP contribution < -0.4 is 20.1 Å². The first-order valence-electron chi connectivity index (χ1n) is 9.59. The largest absolute Gasteiger partial charge is 0.493 e. The Morgan fingerprint density at radius 2 is 1.47 bits per heavy atom. The lowest BCUT2D eigenvalue weighted by atomic mass is 10.2. The van der Waals surface area contributed by atoms with Crippen molar-refractivity contribution >= 4 is 11.8 Å². The van der Waals surface area contributed by atoms with E-state index in [1.54, 1.807) is 18.2 Å². The Bertz CT molecular complexity index is 975. The number of benzene rings is 3. The molecule has 0 heterocycles. The van der Waals surface area contributed by atoms with Crippen LogP contribution in [-0.2, 0) is 17.9 Å². The summed E-state index contributed by atoms with van der Waals surface area (Å²) in [7, 11) is 1.52. The van der Waals surface area contributed by atoms with Gasteiger partial charge < -0.3 is 20.1 Å². The van der Waals surface area contributed by atoms with Gasteiger partial charge in [0, 0.05) is 12.1 Å². The second kappa shape index (κ2) is 10.7. The van der Waals surface area contributed by atoms with Gasteiger partial charge in [0.1, 0.15) is 6.61 Å². The molecule has 6 heteroatoms. The zero-order valence-corrected chi connectivity index (χ0v) is 16.8. The van der Waals surface area contributed by atoms with E-state index in [-0.39, 0.29) is 18.4 Å². The van der Waals surface area contributed by atoms with E-state index in [2.05, 4.69) is 10.6 Å². The van der Waals surface area contributed by atoms with Gasteiger partial charge in [-0.05, 0) is 29.3 Å². The molecule has 3 aromatic rings. The van der Waals surface area contributed by atoms with Gasteiger partial charge in [-0.25, -0.2) is 0 Å². The molecule has 2 amide bonds. The number of ether oxygens (including phenoxy) is 2. The molecule has 6 nitrogen and oxygen atoms in total. The van der Waals surface area contributed by atoms with E-state index in [0.717, 1.165) is 11.1 Å². The topological polar surface area (TPSA) is 76.7 Å². The maximum Gasteiger partial charge on any atom is 0.251 e. The Balaban J connectivity index is 1.52. The molecule has 2 N–H and O–H groups in total. The van der Waals surface area contributed by atoms with Crippen molar-refractivity contribution < 1.29 is 19.1 Å².